The average molecular weight is 498 g/mol. The first kappa shape index (κ1) is 24.4. The summed E-state index contributed by atoms with van der Waals surface area (Å²) < 4.78 is 49.7. The second-order valence-electron chi connectivity index (χ2n) is 6.58. The number of ether oxygens (including phenoxy) is 1. The quantitative estimate of drug-likeness (QED) is 0.163. The van der Waals surface area contributed by atoms with Gasteiger partial charge in [0, 0.05) is 24.1 Å². The van der Waals surface area contributed by atoms with Gasteiger partial charge in [0.15, 0.2) is 5.76 Å². The molecular weight excluding hydrogens is 485 g/mol. The van der Waals surface area contributed by atoms with Crippen molar-refractivity contribution in [3.63, 3.8) is 0 Å². The maximum Gasteiger partial charge on any atom is 0.416 e. The van der Waals surface area contributed by atoms with Crippen molar-refractivity contribution in [1.29, 1.82) is 0 Å². The predicted molar refractivity (Wildman–Crippen MR) is 113 cm³/mol. The zero-order valence-corrected chi connectivity index (χ0v) is 17.8. The van der Waals surface area contributed by atoms with Gasteiger partial charge in [-0.1, -0.05) is 0 Å². The van der Waals surface area contributed by atoms with E-state index in [9.17, 15) is 38.2 Å². The fraction of sp³-hybridized carbons (Fsp3) is 0.158. The lowest BCUT2D eigenvalue weighted by molar-refractivity contribution is -0.395. The lowest BCUT2D eigenvalue weighted by Crippen LogP contribution is -2.13. The summed E-state index contributed by atoms with van der Waals surface area (Å²) in [7, 11) is 1.20. The summed E-state index contributed by atoms with van der Waals surface area (Å²) in [5, 5.41) is 28.0. The van der Waals surface area contributed by atoms with E-state index in [0.717, 1.165) is 11.3 Å². The Labute approximate surface area is 191 Å². The van der Waals surface area contributed by atoms with Gasteiger partial charge >= 0.3 is 12.1 Å². The summed E-state index contributed by atoms with van der Waals surface area (Å²) in [6.45, 7) is 0. The Morgan fingerprint density at radius 2 is 1.79 bits per heavy atom. The number of carbonyl (C=O) groups is 1. The molecule has 2 aromatic heterocycles. The number of hydrazone groups is 1. The molecule has 0 aliphatic carbocycles. The van der Waals surface area contributed by atoms with Crippen LogP contribution < -0.4 is 5.84 Å². The minimum absolute atomic E-state index is 0.0667. The molecular formula is C19H13F3N4O7S. The van der Waals surface area contributed by atoms with Crippen LogP contribution in [0.4, 0.5) is 24.5 Å². The van der Waals surface area contributed by atoms with Crippen molar-refractivity contribution in [1.82, 2.24) is 0 Å². The lowest BCUT2D eigenvalue weighted by Gasteiger charge is -2.10. The van der Waals surface area contributed by atoms with Crippen molar-refractivity contribution in [2.45, 2.75) is 12.6 Å². The van der Waals surface area contributed by atoms with Crippen molar-refractivity contribution >= 4 is 34.4 Å². The van der Waals surface area contributed by atoms with E-state index in [1.807, 2.05) is 0 Å². The molecule has 0 aliphatic heterocycles. The van der Waals surface area contributed by atoms with Gasteiger partial charge < -0.3 is 15.0 Å². The molecule has 0 saturated heterocycles. The standard InChI is InChI=1S/C19H13F3N4O7S/c1-32-18(27)17-10(4-5-34-17)15-2-3-16(33-15)12(24-23)8-11-13(25(28)29)6-9(19(20,21)22)7-14(11)26(30)31/h2-7H,8,23H2,1H3/b24-12-. The average Bonchev–Trinajstić information content (AvgIpc) is 3.45. The molecule has 15 heteroatoms. The van der Waals surface area contributed by atoms with Gasteiger partial charge in [0.2, 0.25) is 0 Å². The minimum atomic E-state index is -5.05. The number of nitrogens with zero attached hydrogens (tertiary/aromatic N) is 3. The molecule has 0 spiro atoms. The smallest absolute Gasteiger partial charge is 0.416 e. The first-order valence-electron chi connectivity index (χ1n) is 9.04. The van der Waals surface area contributed by atoms with Gasteiger partial charge in [-0.25, -0.2) is 4.79 Å². The highest BCUT2D eigenvalue weighted by Gasteiger charge is 2.38. The van der Waals surface area contributed by atoms with E-state index in [-0.39, 0.29) is 34.2 Å². The minimum Gasteiger partial charge on any atom is -0.465 e. The van der Waals surface area contributed by atoms with E-state index >= 15 is 0 Å². The van der Waals surface area contributed by atoms with E-state index < -0.39 is 50.9 Å². The van der Waals surface area contributed by atoms with Crippen molar-refractivity contribution in [3.05, 3.63) is 77.7 Å². The highest BCUT2D eigenvalue weighted by Crippen LogP contribution is 2.39. The molecule has 0 amide bonds. The summed E-state index contributed by atoms with van der Waals surface area (Å²) in [6.07, 6.45) is -5.73. The molecule has 11 nitrogen and oxygen atoms in total. The third-order valence-electron chi connectivity index (χ3n) is 4.62. The number of halogens is 3. The first-order valence-corrected chi connectivity index (χ1v) is 9.91. The molecule has 1 aromatic carbocycles. The number of rotatable bonds is 7. The number of alkyl halides is 3. The zero-order chi connectivity index (χ0) is 25.2. The van der Waals surface area contributed by atoms with Crippen LogP contribution in [-0.2, 0) is 17.3 Å². The third kappa shape index (κ3) is 4.73. The molecule has 3 aromatic rings. The van der Waals surface area contributed by atoms with E-state index in [1.165, 1.54) is 19.2 Å². The van der Waals surface area contributed by atoms with Gasteiger partial charge in [-0.05, 0) is 23.6 Å². The number of hydrogen-bond donors (Lipinski definition) is 1. The number of hydrogen-bond acceptors (Lipinski definition) is 10. The Morgan fingerprint density at radius 1 is 1.18 bits per heavy atom. The number of benzene rings is 1. The zero-order valence-electron chi connectivity index (χ0n) is 17.0. The SMILES string of the molecule is COC(=O)c1sccc1-c1ccc(/C(Cc2c([N+](=O)[O-])cc(C(F)(F)F)cc2[N+](=O)[O-])=N\N)o1. The van der Waals surface area contributed by atoms with Gasteiger partial charge in [-0.2, -0.15) is 18.3 Å². The van der Waals surface area contributed by atoms with Gasteiger partial charge in [-0.3, -0.25) is 20.2 Å². The van der Waals surface area contributed by atoms with Crippen LogP contribution in [0.25, 0.3) is 11.3 Å². The second kappa shape index (κ2) is 9.30. The molecule has 0 saturated carbocycles. The van der Waals surface area contributed by atoms with Gasteiger partial charge in [0.05, 0.1) is 22.5 Å². The Hall–Kier alpha value is -4.27. The first-order chi connectivity index (χ1) is 16.0. The third-order valence-corrected chi connectivity index (χ3v) is 5.51. The van der Waals surface area contributed by atoms with Crippen LogP contribution >= 0.6 is 11.3 Å². The summed E-state index contributed by atoms with van der Waals surface area (Å²) in [5.74, 6) is 4.86. The molecule has 0 unspecified atom stereocenters. The Bertz CT molecular complexity index is 1280. The van der Waals surface area contributed by atoms with E-state index in [0.29, 0.717) is 5.56 Å². The van der Waals surface area contributed by atoms with Crippen molar-refractivity contribution < 1.29 is 37.0 Å². The fourth-order valence-electron chi connectivity index (χ4n) is 3.07. The van der Waals surface area contributed by atoms with Crippen LogP contribution in [0.5, 0.6) is 0 Å². The highest BCUT2D eigenvalue weighted by atomic mass is 32.1. The van der Waals surface area contributed by atoms with Crippen LogP contribution in [-0.4, -0.2) is 28.6 Å². The fourth-order valence-corrected chi connectivity index (χ4v) is 3.88. The van der Waals surface area contributed by atoms with Gasteiger partial charge in [0.25, 0.3) is 11.4 Å². The Kier molecular flexibility index (Phi) is 6.67. The molecule has 3 rings (SSSR count). The number of nitro benzene ring substituents is 2. The summed E-state index contributed by atoms with van der Waals surface area (Å²) in [5.41, 5.74) is -4.29. The summed E-state index contributed by atoms with van der Waals surface area (Å²) in [6, 6.07) is 4.77. The van der Waals surface area contributed by atoms with Crippen molar-refractivity contribution in [2.75, 3.05) is 7.11 Å². The number of carbonyl (C=O) groups excluding carboxylic acids is 1. The number of esters is 1. The Morgan fingerprint density at radius 3 is 2.29 bits per heavy atom. The molecule has 0 atom stereocenters. The summed E-state index contributed by atoms with van der Waals surface area (Å²) >= 11 is 1.09. The normalized spacial score (nSPS) is 11.9. The van der Waals surface area contributed by atoms with Crippen LogP contribution in [0.2, 0.25) is 0 Å². The maximum absolute atomic E-state index is 13.1. The molecule has 0 bridgehead atoms. The van der Waals surface area contributed by atoms with Crippen LogP contribution in [0, 0.1) is 20.2 Å². The van der Waals surface area contributed by atoms with Gasteiger partial charge in [0.1, 0.15) is 21.9 Å². The number of nitro groups is 2. The highest BCUT2D eigenvalue weighted by molar-refractivity contribution is 7.12. The molecule has 178 valence electrons. The lowest BCUT2D eigenvalue weighted by atomic mass is 10.00. The van der Waals surface area contributed by atoms with Gasteiger partial charge in [-0.15, -0.1) is 11.3 Å². The Balaban J connectivity index is 2.06. The van der Waals surface area contributed by atoms with Crippen molar-refractivity contribution in [3.8, 4) is 11.3 Å². The van der Waals surface area contributed by atoms with Crippen molar-refractivity contribution in [2.24, 2.45) is 10.9 Å². The summed E-state index contributed by atoms with van der Waals surface area (Å²) in [4.78, 5) is 32.7. The van der Waals surface area contributed by atoms with Crippen LogP contribution in [0.3, 0.4) is 0 Å². The van der Waals surface area contributed by atoms with E-state index in [1.54, 1.807) is 11.4 Å². The topological polar surface area (TPSA) is 164 Å². The monoisotopic (exact) mass is 498 g/mol. The molecule has 0 aliphatic rings. The molecule has 2 N–H and O–H groups in total. The number of nitrogens with two attached hydrogens (primary N) is 1. The molecule has 34 heavy (non-hydrogen) atoms. The van der Waals surface area contributed by atoms with Crippen LogP contribution in [0.15, 0.2) is 45.2 Å². The number of thiophene rings is 1. The number of furan rings is 1. The maximum atomic E-state index is 13.1. The van der Waals surface area contributed by atoms with E-state index in [4.69, 9.17) is 15.0 Å². The molecule has 2 heterocycles. The van der Waals surface area contributed by atoms with Crippen LogP contribution in [0.1, 0.15) is 26.6 Å². The largest absolute Gasteiger partial charge is 0.465 e. The van der Waals surface area contributed by atoms with E-state index in [2.05, 4.69) is 5.10 Å². The molecule has 0 radical (unpaired) electrons. The second-order valence-corrected chi connectivity index (χ2v) is 7.49. The number of methoxy groups -OCH3 is 1. The molecule has 0 fully saturated rings. The predicted octanol–water partition coefficient (Wildman–Crippen LogP) is 4.54.